The minimum atomic E-state index is 0.204. The number of nitrogens with two attached hydrogens (primary N) is 2. The molecule has 0 bridgehead atoms. The maximum Gasteiger partial charge on any atom is 0.0471 e. The highest BCUT2D eigenvalue weighted by Crippen LogP contribution is 2.42. The molecule has 1 aromatic heterocycles. The Hall–Kier alpha value is -0.540. The molecule has 0 saturated heterocycles. The Morgan fingerprint density at radius 3 is 2.73 bits per heavy atom. The largest absolute Gasteiger partial charge is 0.398 e. The molecule has 1 aliphatic rings. The number of rotatable bonds is 2. The van der Waals surface area contributed by atoms with E-state index in [1.807, 2.05) is 11.4 Å². The molecular formula is C8H12N2S. The second kappa shape index (κ2) is 2.50. The SMILES string of the molecule is Nc1ccsc1[C@@H](N)C1CC1. The normalized spacial score (nSPS) is 20.1. The van der Waals surface area contributed by atoms with Crippen molar-refractivity contribution >= 4 is 17.0 Å². The molecule has 60 valence electrons. The first kappa shape index (κ1) is 7.13. The van der Waals surface area contributed by atoms with E-state index < -0.39 is 0 Å². The minimum Gasteiger partial charge on any atom is -0.398 e. The Morgan fingerprint density at radius 1 is 1.55 bits per heavy atom. The van der Waals surface area contributed by atoms with Crippen LogP contribution in [0.1, 0.15) is 23.8 Å². The van der Waals surface area contributed by atoms with E-state index in [2.05, 4.69) is 0 Å². The molecule has 1 atom stereocenters. The topological polar surface area (TPSA) is 52.0 Å². The van der Waals surface area contributed by atoms with E-state index >= 15 is 0 Å². The van der Waals surface area contributed by atoms with Crippen molar-refractivity contribution in [3.05, 3.63) is 16.3 Å². The van der Waals surface area contributed by atoms with Crippen LogP contribution in [0.25, 0.3) is 0 Å². The van der Waals surface area contributed by atoms with E-state index in [1.54, 1.807) is 11.3 Å². The van der Waals surface area contributed by atoms with E-state index in [9.17, 15) is 0 Å². The fourth-order valence-corrected chi connectivity index (χ4v) is 2.19. The summed E-state index contributed by atoms with van der Waals surface area (Å²) in [5, 5.41) is 2.01. The molecule has 0 aliphatic heterocycles. The van der Waals surface area contributed by atoms with Crippen molar-refractivity contribution < 1.29 is 0 Å². The third-order valence-corrected chi connectivity index (χ3v) is 3.19. The lowest BCUT2D eigenvalue weighted by atomic mass is 10.1. The van der Waals surface area contributed by atoms with Gasteiger partial charge in [-0.25, -0.2) is 0 Å². The summed E-state index contributed by atoms with van der Waals surface area (Å²) in [7, 11) is 0. The van der Waals surface area contributed by atoms with E-state index in [0.29, 0.717) is 5.92 Å². The molecule has 0 unspecified atom stereocenters. The number of hydrogen-bond acceptors (Lipinski definition) is 3. The standard InChI is InChI=1S/C8H12N2S/c9-6-3-4-11-8(6)7(10)5-1-2-5/h3-5,7H,1-2,9-10H2/t7-/m0/s1. The van der Waals surface area contributed by atoms with E-state index in [4.69, 9.17) is 11.5 Å². The van der Waals surface area contributed by atoms with Crippen molar-refractivity contribution in [1.82, 2.24) is 0 Å². The zero-order valence-electron chi connectivity index (χ0n) is 6.29. The predicted molar refractivity (Wildman–Crippen MR) is 48.4 cm³/mol. The number of thiophene rings is 1. The van der Waals surface area contributed by atoms with Gasteiger partial charge in [0, 0.05) is 16.6 Å². The fraction of sp³-hybridized carbons (Fsp3) is 0.500. The van der Waals surface area contributed by atoms with Gasteiger partial charge in [0.1, 0.15) is 0 Å². The molecule has 1 heterocycles. The van der Waals surface area contributed by atoms with Gasteiger partial charge in [-0.15, -0.1) is 11.3 Å². The van der Waals surface area contributed by atoms with Crippen LogP contribution in [0.4, 0.5) is 5.69 Å². The fourth-order valence-electron chi connectivity index (χ4n) is 1.27. The average Bonchev–Trinajstić information content (AvgIpc) is 2.74. The molecule has 11 heavy (non-hydrogen) atoms. The lowest BCUT2D eigenvalue weighted by molar-refractivity contribution is 0.646. The van der Waals surface area contributed by atoms with Crippen LogP contribution in [0.5, 0.6) is 0 Å². The molecule has 0 spiro atoms. The zero-order valence-corrected chi connectivity index (χ0v) is 7.10. The van der Waals surface area contributed by atoms with Crippen molar-refractivity contribution in [3.63, 3.8) is 0 Å². The van der Waals surface area contributed by atoms with Gasteiger partial charge in [0.25, 0.3) is 0 Å². The number of nitrogen functional groups attached to an aromatic ring is 1. The van der Waals surface area contributed by atoms with Crippen LogP contribution in [0.3, 0.4) is 0 Å². The maximum absolute atomic E-state index is 5.98. The van der Waals surface area contributed by atoms with Crippen molar-refractivity contribution in [3.8, 4) is 0 Å². The van der Waals surface area contributed by atoms with Gasteiger partial charge in [-0.1, -0.05) is 0 Å². The molecule has 3 heteroatoms. The first-order chi connectivity index (χ1) is 5.29. The number of hydrogen-bond donors (Lipinski definition) is 2. The van der Waals surface area contributed by atoms with Crippen molar-refractivity contribution in [2.45, 2.75) is 18.9 Å². The van der Waals surface area contributed by atoms with Crippen LogP contribution >= 0.6 is 11.3 Å². The molecule has 1 fully saturated rings. The second-order valence-electron chi connectivity index (χ2n) is 3.10. The lowest BCUT2D eigenvalue weighted by Gasteiger charge is -2.07. The minimum absolute atomic E-state index is 0.204. The van der Waals surface area contributed by atoms with Gasteiger partial charge in [0.05, 0.1) is 0 Å². The Morgan fingerprint density at radius 2 is 2.27 bits per heavy atom. The Labute approximate surface area is 70.2 Å². The van der Waals surface area contributed by atoms with Crippen LogP contribution in [0, 0.1) is 5.92 Å². The van der Waals surface area contributed by atoms with Gasteiger partial charge in [-0.2, -0.15) is 0 Å². The van der Waals surface area contributed by atoms with E-state index in [-0.39, 0.29) is 6.04 Å². The predicted octanol–water partition coefficient (Wildman–Crippen LogP) is 1.74. The van der Waals surface area contributed by atoms with Gasteiger partial charge in [-0.05, 0) is 30.2 Å². The van der Waals surface area contributed by atoms with Crippen molar-refractivity contribution in [1.29, 1.82) is 0 Å². The summed E-state index contributed by atoms with van der Waals surface area (Å²) in [5.74, 6) is 0.705. The van der Waals surface area contributed by atoms with Gasteiger partial charge in [0.15, 0.2) is 0 Å². The van der Waals surface area contributed by atoms with Gasteiger partial charge >= 0.3 is 0 Å². The van der Waals surface area contributed by atoms with Crippen molar-refractivity contribution in [2.75, 3.05) is 5.73 Å². The monoisotopic (exact) mass is 168 g/mol. The second-order valence-corrected chi connectivity index (χ2v) is 4.05. The van der Waals surface area contributed by atoms with Crippen LogP contribution in [0.15, 0.2) is 11.4 Å². The maximum atomic E-state index is 5.98. The lowest BCUT2D eigenvalue weighted by Crippen LogP contribution is -2.12. The van der Waals surface area contributed by atoms with E-state index in [1.165, 1.54) is 17.7 Å². The Balaban J connectivity index is 2.20. The van der Waals surface area contributed by atoms with E-state index in [0.717, 1.165) is 5.69 Å². The Kier molecular flexibility index (Phi) is 1.62. The highest BCUT2D eigenvalue weighted by atomic mass is 32.1. The summed E-state index contributed by atoms with van der Waals surface area (Å²) in [4.78, 5) is 1.17. The molecule has 4 N–H and O–H groups in total. The highest BCUT2D eigenvalue weighted by molar-refractivity contribution is 7.10. The third kappa shape index (κ3) is 1.26. The van der Waals surface area contributed by atoms with Crippen LogP contribution < -0.4 is 11.5 Å². The summed E-state index contributed by atoms with van der Waals surface area (Å²) < 4.78 is 0. The Bertz CT molecular complexity index is 252. The molecule has 0 amide bonds. The zero-order chi connectivity index (χ0) is 7.84. The summed E-state index contributed by atoms with van der Waals surface area (Å²) in [6.07, 6.45) is 2.55. The molecule has 1 aliphatic carbocycles. The van der Waals surface area contributed by atoms with Gasteiger partial charge < -0.3 is 11.5 Å². The van der Waals surface area contributed by atoms with Crippen LogP contribution in [0.2, 0.25) is 0 Å². The molecule has 2 nitrogen and oxygen atoms in total. The summed E-state index contributed by atoms with van der Waals surface area (Å²) >= 11 is 1.68. The van der Waals surface area contributed by atoms with Crippen LogP contribution in [-0.2, 0) is 0 Å². The molecule has 1 saturated carbocycles. The molecule has 0 aromatic carbocycles. The third-order valence-electron chi connectivity index (χ3n) is 2.16. The van der Waals surface area contributed by atoms with Crippen molar-refractivity contribution in [2.24, 2.45) is 11.7 Å². The first-order valence-electron chi connectivity index (χ1n) is 3.87. The first-order valence-corrected chi connectivity index (χ1v) is 4.75. The van der Waals surface area contributed by atoms with Gasteiger partial charge in [-0.3, -0.25) is 0 Å². The van der Waals surface area contributed by atoms with Gasteiger partial charge in [0.2, 0.25) is 0 Å². The average molecular weight is 168 g/mol. The molecule has 2 rings (SSSR count). The summed E-state index contributed by atoms with van der Waals surface area (Å²) in [6.45, 7) is 0. The number of anilines is 1. The highest BCUT2D eigenvalue weighted by Gasteiger charge is 2.31. The smallest absolute Gasteiger partial charge is 0.0471 e. The molecule has 0 radical (unpaired) electrons. The molecule has 1 aromatic rings. The summed E-state index contributed by atoms with van der Waals surface area (Å²) in [6, 6.07) is 2.14. The summed E-state index contributed by atoms with van der Waals surface area (Å²) in [5.41, 5.74) is 12.6. The molecular weight excluding hydrogens is 156 g/mol. The quantitative estimate of drug-likeness (QED) is 0.706. The van der Waals surface area contributed by atoms with Crippen LogP contribution in [-0.4, -0.2) is 0 Å².